The standard InChI is InChI=1S/C25H30N8O/c1-31(2)12-13-32(3)17-20-10-8-19(9-11-20)15-28-30-24-23-16-29-33(25(23)27-18-26-24)21-6-5-7-22(14-21)34-4/h5-11,14-16,18H,12-13,17H2,1-4H3,(H,26,27,30)/b28-15+. The summed E-state index contributed by atoms with van der Waals surface area (Å²) in [6.45, 7) is 2.99. The Morgan fingerprint density at radius 1 is 1.06 bits per heavy atom. The maximum Gasteiger partial charge on any atom is 0.168 e. The van der Waals surface area contributed by atoms with Crippen molar-refractivity contribution in [3.63, 3.8) is 0 Å². The fourth-order valence-electron chi connectivity index (χ4n) is 3.50. The summed E-state index contributed by atoms with van der Waals surface area (Å²) in [5.41, 5.74) is 6.84. The van der Waals surface area contributed by atoms with Gasteiger partial charge in [-0.05, 0) is 44.4 Å². The molecule has 2 aromatic heterocycles. The van der Waals surface area contributed by atoms with Gasteiger partial charge >= 0.3 is 0 Å². The smallest absolute Gasteiger partial charge is 0.168 e. The van der Waals surface area contributed by atoms with Crippen LogP contribution in [0.25, 0.3) is 16.7 Å². The predicted molar refractivity (Wildman–Crippen MR) is 136 cm³/mol. The van der Waals surface area contributed by atoms with E-state index in [4.69, 9.17) is 4.74 Å². The molecule has 2 aromatic carbocycles. The average Bonchev–Trinajstić information content (AvgIpc) is 3.29. The first-order valence-corrected chi connectivity index (χ1v) is 11.1. The molecular formula is C25H30N8O. The number of fused-ring (bicyclic) bond motifs is 1. The monoisotopic (exact) mass is 458 g/mol. The molecule has 0 spiro atoms. The molecule has 0 saturated heterocycles. The number of rotatable bonds is 10. The number of benzene rings is 2. The highest BCUT2D eigenvalue weighted by Crippen LogP contribution is 2.23. The average molecular weight is 459 g/mol. The van der Waals surface area contributed by atoms with Crippen LogP contribution in [-0.2, 0) is 6.54 Å². The number of nitrogens with zero attached hydrogens (tertiary/aromatic N) is 7. The van der Waals surface area contributed by atoms with Gasteiger partial charge < -0.3 is 14.5 Å². The van der Waals surface area contributed by atoms with Gasteiger partial charge in [-0.2, -0.15) is 10.2 Å². The number of methoxy groups -OCH3 is 1. The highest BCUT2D eigenvalue weighted by molar-refractivity contribution is 5.88. The largest absolute Gasteiger partial charge is 0.497 e. The molecule has 9 nitrogen and oxygen atoms in total. The van der Waals surface area contributed by atoms with E-state index >= 15 is 0 Å². The minimum Gasteiger partial charge on any atom is -0.497 e. The van der Waals surface area contributed by atoms with E-state index in [9.17, 15) is 0 Å². The molecule has 1 N–H and O–H groups in total. The van der Waals surface area contributed by atoms with E-state index in [2.05, 4.69) is 80.8 Å². The summed E-state index contributed by atoms with van der Waals surface area (Å²) in [6.07, 6.45) is 5.01. The van der Waals surface area contributed by atoms with E-state index in [0.717, 1.165) is 42.0 Å². The second-order valence-electron chi connectivity index (χ2n) is 8.37. The zero-order valence-electron chi connectivity index (χ0n) is 20.0. The van der Waals surface area contributed by atoms with Gasteiger partial charge in [0.1, 0.15) is 12.1 Å². The van der Waals surface area contributed by atoms with E-state index in [1.54, 1.807) is 24.2 Å². The van der Waals surface area contributed by atoms with Gasteiger partial charge in [0.2, 0.25) is 0 Å². The summed E-state index contributed by atoms with van der Waals surface area (Å²) >= 11 is 0. The number of hydrogen-bond donors (Lipinski definition) is 1. The van der Waals surface area contributed by atoms with Gasteiger partial charge in [-0.3, -0.25) is 5.43 Å². The van der Waals surface area contributed by atoms with Crippen LogP contribution in [0.4, 0.5) is 5.82 Å². The number of hydrogen-bond acceptors (Lipinski definition) is 8. The van der Waals surface area contributed by atoms with Crippen LogP contribution < -0.4 is 10.2 Å². The summed E-state index contributed by atoms with van der Waals surface area (Å²) in [6, 6.07) is 16.1. The number of aromatic nitrogens is 4. The van der Waals surface area contributed by atoms with Crippen LogP contribution in [0, 0.1) is 0 Å². The Morgan fingerprint density at radius 2 is 1.88 bits per heavy atom. The molecule has 9 heteroatoms. The lowest BCUT2D eigenvalue weighted by Gasteiger charge is -2.19. The lowest BCUT2D eigenvalue weighted by molar-refractivity contribution is 0.276. The van der Waals surface area contributed by atoms with E-state index in [-0.39, 0.29) is 0 Å². The van der Waals surface area contributed by atoms with Gasteiger partial charge in [-0.1, -0.05) is 30.3 Å². The number of likely N-dealkylation sites (N-methyl/N-ethyl adjacent to an activating group) is 2. The molecule has 0 bridgehead atoms. The Hall–Kier alpha value is -3.82. The number of nitrogens with one attached hydrogen (secondary N) is 1. The molecule has 0 aliphatic heterocycles. The lowest BCUT2D eigenvalue weighted by Crippen LogP contribution is -2.28. The lowest BCUT2D eigenvalue weighted by atomic mass is 10.1. The molecule has 0 radical (unpaired) electrons. The van der Waals surface area contributed by atoms with Crippen molar-refractivity contribution >= 4 is 23.1 Å². The molecule has 0 aliphatic carbocycles. The molecule has 0 saturated carbocycles. The Kier molecular flexibility index (Phi) is 7.46. The maximum atomic E-state index is 5.32. The van der Waals surface area contributed by atoms with Crippen LogP contribution in [-0.4, -0.2) is 77.1 Å². The maximum absolute atomic E-state index is 5.32. The molecular weight excluding hydrogens is 428 g/mol. The number of ether oxygens (including phenoxy) is 1. The van der Waals surface area contributed by atoms with Crippen LogP contribution in [0.2, 0.25) is 0 Å². The Morgan fingerprint density at radius 3 is 2.65 bits per heavy atom. The van der Waals surface area contributed by atoms with Crippen LogP contribution in [0.5, 0.6) is 5.75 Å². The van der Waals surface area contributed by atoms with Gasteiger partial charge in [0.25, 0.3) is 0 Å². The number of anilines is 1. The second kappa shape index (κ2) is 10.9. The van der Waals surface area contributed by atoms with E-state index in [1.807, 2.05) is 24.3 Å². The van der Waals surface area contributed by atoms with Crippen LogP contribution in [0.1, 0.15) is 11.1 Å². The molecule has 4 rings (SSSR count). The fraction of sp³-hybridized carbons (Fsp3) is 0.280. The fourth-order valence-corrected chi connectivity index (χ4v) is 3.50. The van der Waals surface area contributed by atoms with Crippen molar-refractivity contribution in [3.8, 4) is 11.4 Å². The normalized spacial score (nSPS) is 11.7. The number of hydrazone groups is 1. The van der Waals surface area contributed by atoms with Crippen molar-refractivity contribution in [2.24, 2.45) is 5.10 Å². The zero-order valence-corrected chi connectivity index (χ0v) is 20.0. The van der Waals surface area contributed by atoms with Crippen LogP contribution >= 0.6 is 0 Å². The second-order valence-corrected chi connectivity index (χ2v) is 8.37. The van der Waals surface area contributed by atoms with Gasteiger partial charge in [0.05, 0.1) is 30.6 Å². The first-order chi connectivity index (χ1) is 16.5. The third-order valence-electron chi connectivity index (χ3n) is 5.41. The SMILES string of the molecule is COc1cccc(-n2ncc3c(N/N=C/c4ccc(CN(C)CCN(C)C)cc4)ncnc32)c1. The first kappa shape index (κ1) is 23.3. The zero-order chi connectivity index (χ0) is 23.9. The molecule has 0 amide bonds. The summed E-state index contributed by atoms with van der Waals surface area (Å²) in [7, 11) is 7.97. The van der Waals surface area contributed by atoms with Gasteiger partial charge in [0, 0.05) is 25.7 Å². The highest BCUT2D eigenvalue weighted by atomic mass is 16.5. The van der Waals surface area contributed by atoms with E-state index < -0.39 is 0 Å². The van der Waals surface area contributed by atoms with Crippen molar-refractivity contribution in [2.45, 2.75) is 6.54 Å². The summed E-state index contributed by atoms with van der Waals surface area (Å²) in [4.78, 5) is 13.2. The van der Waals surface area contributed by atoms with Crippen molar-refractivity contribution in [1.82, 2.24) is 29.5 Å². The van der Waals surface area contributed by atoms with Gasteiger partial charge in [-0.15, -0.1) is 0 Å². The topological polar surface area (TPSA) is 83.7 Å². The van der Waals surface area contributed by atoms with Crippen molar-refractivity contribution in [1.29, 1.82) is 0 Å². The van der Waals surface area contributed by atoms with Crippen molar-refractivity contribution in [3.05, 3.63) is 72.2 Å². The summed E-state index contributed by atoms with van der Waals surface area (Å²) in [5.74, 6) is 1.35. The summed E-state index contributed by atoms with van der Waals surface area (Å²) in [5, 5.41) is 9.63. The molecule has 2 heterocycles. The Bertz CT molecular complexity index is 1250. The van der Waals surface area contributed by atoms with E-state index in [0.29, 0.717) is 11.5 Å². The third-order valence-corrected chi connectivity index (χ3v) is 5.41. The van der Waals surface area contributed by atoms with Crippen LogP contribution in [0.3, 0.4) is 0 Å². The van der Waals surface area contributed by atoms with Crippen molar-refractivity contribution < 1.29 is 4.74 Å². The minimum absolute atomic E-state index is 0.592. The molecule has 4 aromatic rings. The van der Waals surface area contributed by atoms with Gasteiger partial charge in [0.15, 0.2) is 11.5 Å². The molecule has 0 fully saturated rings. The quantitative estimate of drug-likeness (QED) is 0.288. The Balaban J connectivity index is 1.42. The highest BCUT2D eigenvalue weighted by Gasteiger charge is 2.11. The minimum atomic E-state index is 0.592. The first-order valence-electron chi connectivity index (χ1n) is 11.1. The molecule has 0 atom stereocenters. The molecule has 0 unspecified atom stereocenters. The molecule has 176 valence electrons. The molecule has 34 heavy (non-hydrogen) atoms. The summed E-state index contributed by atoms with van der Waals surface area (Å²) < 4.78 is 7.07. The van der Waals surface area contributed by atoms with Crippen molar-refractivity contribution in [2.75, 3.05) is 46.8 Å². The van der Waals surface area contributed by atoms with E-state index in [1.165, 1.54) is 11.9 Å². The van der Waals surface area contributed by atoms with Crippen LogP contribution in [0.15, 0.2) is 66.2 Å². The Labute approximate surface area is 199 Å². The third kappa shape index (κ3) is 5.75. The van der Waals surface area contributed by atoms with Gasteiger partial charge in [-0.25, -0.2) is 14.6 Å². The molecule has 0 aliphatic rings. The predicted octanol–water partition coefficient (Wildman–Crippen LogP) is 3.26.